The lowest BCUT2D eigenvalue weighted by Gasteiger charge is -2.23. The number of benzene rings is 2. The molecule has 2 aromatic carbocycles. The Labute approximate surface area is 190 Å². The van der Waals surface area contributed by atoms with E-state index in [2.05, 4.69) is 10.3 Å². The standard InChI is InChI=1S/C23H23N5O5/c1-15(29)25-18-10-8-16(9-11-18)12-19(30)26-20-21(24)28(14-33-2)23(32)27(22(20)31)13-17-6-4-3-5-7-17/h3-11,24H,12-14H2,1-2H3,(H,25,29)/p+1. The monoisotopic (exact) mass is 450 g/mol. The average molecular weight is 450 g/mol. The highest BCUT2D eigenvalue weighted by Gasteiger charge is 2.43. The molecule has 0 saturated carbocycles. The normalized spacial score (nSPS) is 15.2. The number of rotatable bonds is 7. The fourth-order valence-corrected chi connectivity index (χ4v) is 3.21. The number of anilines is 1. The molecule has 2 aromatic rings. The summed E-state index contributed by atoms with van der Waals surface area (Å²) in [6.07, 6.45) is -0.0959. The summed E-state index contributed by atoms with van der Waals surface area (Å²) >= 11 is 0. The highest BCUT2D eigenvalue weighted by molar-refractivity contribution is 6.67. The number of carbonyl (C=O) groups is 4. The average Bonchev–Trinajstić information content (AvgIpc) is 2.79. The van der Waals surface area contributed by atoms with Gasteiger partial charge in [-0.1, -0.05) is 42.5 Å². The second-order valence-electron chi connectivity index (χ2n) is 7.30. The summed E-state index contributed by atoms with van der Waals surface area (Å²) in [5.74, 6) is -1.82. The highest BCUT2D eigenvalue weighted by atomic mass is 16.5. The number of aliphatic imine (C=N–C) groups is 1. The van der Waals surface area contributed by atoms with Crippen molar-refractivity contribution in [2.24, 2.45) is 10.7 Å². The number of nitrogens with one attached hydrogen (secondary N) is 1. The minimum Gasteiger partial charge on any atom is -0.351 e. The Morgan fingerprint density at radius 2 is 1.73 bits per heavy atom. The largest absolute Gasteiger partial charge is 0.448 e. The molecule has 170 valence electrons. The maximum Gasteiger partial charge on any atom is 0.448 e. The van der Waals surface area contributed by atoms with Crippen LogP contribution in [0.15, 0.2) is 59.6 Å². The van der Waals surface area contributed by atoms with E-state index >= 15 is 0 Å². The van der Waals surface area contributed by atoms with Gasteiger partial charge in [0.2, 0.25) is 11.6 Å². The van der Waals surface area contributed by atoms with Crippen molar-refractivity contribution in [1.29, 1.82) is 0 Å². The van der Waals surface area contributed by atoms with Crippen LogP contribution in [0.2, 0.25) is 0 Å². The van der Waals surface area contributed by atoms with Gasteiger partial charge in [-0.05, 0) is 23.3 Å². The van der Waals surface area contributed by atoms with Crippen molar-refractivity contribution in [2.75, 3.05) is 19.2 Å². The number of carbonyl (C=O) groups excluding carboxylic acids is 4. The first-order chi connectivity index (χ1) is 15.8. The summed E-state index contributed by atoms with van der Waals surface area (Å²) in [6, 6.07) is 14.9. The van der Waals surface area contributed by atoms with Crippen molar-refractivity contribution in [1.82, 2.24) is 4.90 Å². The van der Waals surface area contributed by atoms with Gasteiger partial charge in [-0.25, -0.2) is 9.59 Å². The number of hydrogen-bond acceptors (Lipinski definition) is 6. The molecule has 0 saturated heterocycles. The van der Waals surface area contributed by atoms with Gasteiger partial charge in [0.1, 0.15) is 6.54 Å². The predicted octanol–water partition coefficient (Wildman–Crippen LogP) is 1.29. The summed E-state index contributed by atoms with van der Waals surface area (Å²) in [5.41, 5.74) is 7.66. The van der Waals surface area contributed by atoms with Gasteiger partial charge in [-0.2, -0.15) is 14.5 Å². The maximum atomic E-state index is 13.0. The Balaban J connectivity index is 1.86. The fourth-order valence-electron chi connectivity index (χ4n) is 3.21. The number of nitrogens with two attached hydrogens (primary N) is 1. The molecule has 0 aliphatic carbocycles. The van der Waals surface area contributed by atoms with Crippen LogP contribution in [0.25, 0.3) is 0 Å². The zero-order chi connectivity index (χ0) is 24.0. The zero-order valence-corrected chi connectivity index (χ0v) is 18.3. The van der Waals surface area contributed by atoms with E-state index in [1.54, 1.807) is 48.5 Å². The molecule has 0 fully saturated rings. The molecule has 3 rings (SSSR count). The van der Waals surface area contributed by atoms with Crippen LogP contribution in [0.4, 0.5) is 10.5 Å². The molecule has 0 spiro atoms. The third kappa shape index (κ3) is 5.74. The van der Waals surface area contributed by atoms with E-state index in [9.17, 15) is 19.2 Å². The SMILES string of the molecule is COC[N+]1=C(N)C(=NC(=O)Cc2ccc(NC(C)=O)cc2)C(=O)N(Cc2ccccc2)C1=O. The van der Waals surface area contributed by atoms with E-state index in [1.165, 1.54) is 14.0 Å². The topological polar surface area (TPSA) is 134 Å². The molecule has 10 heteroatoms. The summed E-state index contributed by atoms with van der Waals surface area (Å²) < 4.78 is 6.09. The van der Waals surface area contributed by atoms with Gasteiger partial charge in [-0.3, -0.25) is 9.59 Å². The summed E-state index contributed by atoms with van der Waals surface area (Å²) in [4.78, 5) is 54.5. The molecule has 0 unspecified atom stereocenters. The number of amidine groups is 1. The van der Waals surface area contributed by atoms with Gasteiger partial charge >= 0.3 is 11.9 Å². The molecule has 5 amide bonds. The molecule has 1 aliphatic heterocycles. The maximum absolute atomic E-state index is 13.0. The molecule has 0 aromatic heterocycles. The van der Waals surface area contributed by atoms with Gasteiger partial charge in [-0.15, -0.1) is 0 Å². The number of nitrogens with zero attached hydrogens (tertiary/aromatic N) is 3. The molecule has 0 atom stereocenters. The minimum absolute atomic E-state index is 0.0101. The number of amides is 5. The Morgan fingerprint density at radius 3 is 2.33 bits per heavy atom. The van der Waals surface area contributed by atoms with Crippen molar-refractivity contribution < 1.29 is 28.5 Å². The molecule has 0 bridgehead atoms. The lowest BCUT2D eigenvalue weighted by atomic mass is 10.1. The Morgan fingerprint density at radius 1 is 1.06 bits per heavy atom. The van der Waals surface area contributed by atoms with E-state index in [1.807, 2.05) is 6.07 Å². The van der Waals surface area contributed by atoms with E-state index < -0.39 is 17.8 Å². The van der Waals surface area contributed by atoms with Crippen molar-refractivity contribution in [2.45, 2.75) is 19.9 Å². The van der Waals surface area contributed by atoms with Gasteiger partial charge < -0.3 is 15.8 Å². The first-order valence-electron chi connectivity index (χ1n) is 10.1. The highest BCUT2D eigenvalue weighted by Crippen LogP contribution is 2.13. The number of methoxy groups -OCH3 is 1. The second-order valence-corrected chi connectivity index (χ2v) is 7.30. The molecule has 1 aliphatic rings. The van der Waals surface area contributed by atoms with E-state index in [4.69, 9.17) is 10.5 Å². The summed E-state index contributed by atoms with van der Waals surface area (Å²) in [5, 5.41) is 2.64. The van der Waals surface area contributed by atoms with Crippen LogP contribution in [-0.4, -0.2) is 58.6 Å². The molecule has 1 heterocycles. The molecule has 33 heavy (non-hydrogen) atoms. The van der Waals surface area contributed by atoms with Gasteiger partial charge in [0.25, 0.3) is 11.7 Å². The number of imide groups is 1. The van der Waals surface area contributed by atoms with Crippen LogP contribution in [0, 0.1) is 0 Å². The first-order valence-corrected chi connectivity index (χ1v) is 10.1. The van der Waals surface area contributed by atoms with E-state index in [-0.39, 0.29) is 37.2 Å². The minimum atomic E-state index is -0.761. The van der Waals surface area contributed by atoms with Gasteiger partial charge in [0.05, 0.1) is 6.42 Å². The first kappa shape index (κ1) is 23.5. The second kappa shape index (κ2) is 10.4. The smallest absolute Gasteiger partial charge is 0.351 e. The predicted molar refractivity (Wildman–Crippen MR) is 121 cm³/mol. The number of urea groups is 1. The van der Waals surface area contributed by atoms with Crippen LogP contribution in [0.5, 0.6) is 0 Å². The molecule has 10 nitrogen and oxygen atoms in total. The fraction of sp³-hybridized carbons (Fsp3) is 0.217. The molecular formula is C23H24N5O5+. The summed E-state index contributed by atoms with van der Waals surface area (Å²) in [6.45, 7) is 1.18. The van der Waals surface area contributed by atoms with Crippen LogP contribution >= 0.6 is 0 Å². The third-order valence-electron chi connectivity index (χ3n) is 4.75. The Hall–Kier alpha value is -4.18. The number of ether oxygens (including phenoxy) is 1. The van der Waals surface area contributed by atoms with Crippen LogP contribution in [0.1, 0.15) is 18.1 Å². The van der Waals surface area contributed by atoms with Crippen LogP contribution < -0.4 is 11.1 Å². The van der Waals surface area contributed by atoms with Crippen molar-refractivity contribution in [3.63, 3.8) is 0 Å². The van der Waals surface area contributed by atoms with Crippen molar-refractivity contribution in [3.05, 3.63) is 65.7 Å². The van der Waals surface area contributed by atoms with Crippen LogP contribution in [-0.2, 0) is 32.1 Å². The third-order valence-corrected chi connectivity index (χ3v) is 4.75. The Bertz CT molecular complexity index is 1140. The van der Waals surface area contributed by atoms with Crippen molar-refractivity contribution >= 4 is 41.0 Å². The lowest BCUT2D eigenvalue weighted by molar-refractivity contribution is -0.482. The van der Waals surface area contributed by atoms with Crippen LogP contribution in [0.3, 0.4) is 0 Å². The molecule has 0 radical (unpaired) electrons. The summed E-state index contributed by atoms with van der Waals surface area (Å²) in [7, 11) is 1.38. The van der Waals surface area contributed by atoms with E-state index in [0.29, 0.717) is 11.3 Å². The quantitative estimate of drug-likeness (QED) is 0.611. The lowest BCUT2D eigenvalue weighted by Crippen LogP contribution is -2.58. The number of hydrogen-bond donors (Lipinski definition) is 2. The van der Waals surface area contributed by atoms with Gasteiger partial charge in [0.15, 0.2) is 6.73 Å². The van der Waals surface area contributed by atoms with Gasteiger partial charge in [0, 0.05) is 19.7 Å². The molecule has 3 N–H and O–H groups in total. The Kier molecular flexibility index (Phi) is 7.42. The van der Waals surface area contributed by atoms with Crippen molar-refractivity contribution in [3.8, 4) is 0 Å². The molecular weight excluding hydrogens is 426 g/mol. The zero-order valence-electron chi connectivity index (χ0n) is 18.3. The van der Waals surface area contributed by atoms with E-state index in [0.717, 1.165) is 15.0 Å².